The van der Waals surface area contributed by atoms with Gasteiger partial charge >= 0.3 is 0 Å². The molecule has 0 heterocycles. The average molecular weight is 275 g/mol. The molecule has 0 fully saturated rings. The normalized spacial score (nSPS) is 12.5. The van der Waals surface area contributed by atoms with Gasteiger partial charge in [-0.2, -0.15) is 0 Å². The van der Waals surface area contributed by atoms with E-state index in [0.717, 1.165) is 6.54 Å². The Hall–Kier alpha value is -0.820. The first-order valence-electron chi connectivity index (χ1n) is 8.66. The van der Waals surface area contributed by atoms with Gasteiger partial charge in [0.25, 0.3) is 0 Å². The van der Waals surface area contributed by atoms with E-state index in [1.54, 1.807) is 0 Å². The molecule has 1 atom stereocenters. The van der Waals surface area contributed by atoms with Crippen LogP contribution >= 0.6 is 0 Å². The van der Waals surface area contributed by atoms with Crippen molar-refractivity contribution >= 4 is 0 Å². The lowest BCUT2D eigenvalue weighted by Gasteiger charge is -2.18. The van der Waals surface area contributed by atoms with E-state index < -0.39 is 0 Å². The third kappa shape index (κ3) is 7.69. The number of rotatable bonds is 12. The van der Waals surface area contributed by atoms with E-state index in [1.165, 1.54) is 63.4 Å². The third-order valence-electron chi connectivity index (χ3n) is 4.00. The van der Waals surface area contributed by atoms with Gasteiger partial charge in [0, 0.05) is 6.04 Å². The summed E-state index contributed by atoms with van der Waals surface area (Å²) in [7, 11) is 0. The van der Waals surface area contributed by atoms with Gasteiger partial charge in [0.05, 0.1) is 0 Å². The quantitative estimate of drug-likeness (QED) is 0.470. The molecule has 0 aliphatic heterocycles. The van der Waals surface area contributed by atoms with E-state index in [2.05, 4.69) is 49.5 Å². The molecule has 114 valence electrons. The van der Waals surface area contributed by atoms with Gasteiger partial charge in [-0.1, -0.05) is 95.5 Å². The minimum Gasteiger partial charge on any atom is -0.310 e. The first-order valence-corrected chi connectivity index (χ1v) is 8.66. The van der Waals surface area contributed by atoms with Crippen molar-refractivity contribution in [1.29, 1.82) is 0 Å². The largest absolute Gasteiger partial charge is 0.310 e. The van der Waals surface area contributed by atoms with Gasteiger partial charge in [-0.15, -0.1) is 0 Å². The van der Waals surface area contributed by atoms with Gasteiger partial charge < -0.3 is 5.32 Å². The first-order chi connectivity index (χ1) is 9.88. The molecule has 1 N–H and O–H groups in total. The molecule has 0 saturated carbocycles. The smallest absolute Gasteiger partial charge is 0.0320 e. The van der Waals surface area contributed by atoms with Crippen LogP contribution in [0.1, 0.15) is 83.2 Å². The first kappa shape index (κ1) is 17.2. The molecule has 0 aliphatic rings. The van der Waals surface area contributed by atoms with Gasteiger partial charge in [-0.3, -0.25) is 0 Å². The fraction of sp³-hybridized carbons (Fsp3) is 0.684. The third-order valence-corrected chi connectivity index (χ3v) is 4.00. The highest BCUT2D eigenvalue weighted by Crippen LogP contribution is 2.20. The fourth-order valence-electron chi connectivity index (χ4n) is 2.80. The maximum atomic E-state index is 3.62. The molecule has 0 aliphatic carbocycles. The van der Waals surface area contributed by atoms with Crippen LogP contribution in [0.5, 0.6) is 0 Å². The average Bonchev–Trinajstić information content (AvgIpc) is 2.50. The van der Waals surface area contributed by atoms with Crippen LogP contribution in [0.2, 0.25) is 0 Å². The number of hydrogen-bond donors (Lipinski definition) is 1. The molecule has 1 heteroatoms. The van der Waals surface area contributed by atoms with Crippen molar-refractivity contribution in [3.05, 3.63) is 35.9 Å². The van der Waals surface area contributed by atoms with E-state index in [1.807, 2.05) is 0 Å². The van der Waals surface area contributed by atoms with Crippen molar-refractivity contribution in [3.63, 3.8) is 0 Å². The van der Waals surface area contributed by atoms with Gasteiger partial charge in [0.1, 0.15) is 0 Å². The molecule has 0 radical (unpaired) electrons. The summed E-state index contributed by atoms with van der Waals surface area (Å²) in [6.07, 6.45) is 12.5. The monoisotopic (exact) mass is 275 g/mol. The Morgan fingerprint density at radius 2 is 1.40 bits per heavy atom. The Bertz CT molecular complexity index is 307. The van der Waals surface area contributed by atoms with Crippen LogP contribution in [0.3, 0.4) is 0 Å². The van der Waals surface area contributed by atoms with Crippen LogP contribution in [-0.2, 0) is 0 Å². The zero-order valence-corrected chi connectivity index (χ0v) is 13.5. The van der Waals surface area contributed by atoms with Crippen LogP contribution < -0.4 is 5.32 Å². The fourth-order valence-corrected chi connectivity index (χ4v) is 2.80. The minimum absolute atomic E-state index is 0.543. The van der Waals surface area contributed by atoms with Crippen molar-refractivity contribution in [1.82, 2.24) is 5.32 Å². The van der Waals surface area contributed by atoms with Crippen molar-refractivity contribution in [2.24, 2.45) is 0 Å². The summed E-state index contributed by atoms with van der Waals surface area (Å²) < 4.78 is 0. The second kappa shape index (κ2) is 12.0. The SMILES string of the molecule is CCCCCCCCCCC(NCC)c1ccccc1. The van der Waals surface area contributed by atoms with E-state index in [0.29, 0.717) is 6.04 Å². The van der Waals surface area contributed by atoms with E-state index >= 15 is 0 Å². The number of unbranched alkanes of at least 4 members (excludes halogenated alkanes) is 7. The van der Waals surface area contributed by atoms with Crippen LogP contribution in [0.15, 0.2) is 30.3 Å². The van der Waals surface area contributed by atoms with Crippen LogP contribution in [0, 0.1) is 0 Å². The maximum absolute atomic E-state index is 3.62. The van der Waals surface area contributed by atoms with Gasteiger partial charge in [-0.25, -0.2) is 0 Å². The molecule has 1 aromatic rings. The molecule has 0 spiro atoms. The Morgan fingerprint density at radius 3 is 2.00 bits per heavy atom. The highest BCUT2D eigenvalue weighted by molar-refractivity contribution is 5.18. The van der Waals surface area contributed by atoms with Crippen molar-refractivity contribution in [3.8, 4) is 0 Å². The molecular formula is C19H33N. The molecule has 0 saturated heterocycles. The molecule has 0 amide bonds. The molecule has 1 aromatic carbocycles. The van der Waals surface area contributed by atoms with Crippen molar-refractivity contribution in [2.45, 2.75) is 77.7 Å². The Balaban J connectivity index is 2.14. The molecular weight excluding hydrogens is 242 g/mol. The lowest BCUT2D eigenvalue weighted by molar-refractivity contribution is 0.475. The summed E-state index contributed by atoms with van der Waals surface area (Å²) in [5, 5.41) is 3.62. The second-order valence-electron chi connectivity index (χ2n) is 5.78. The topological polar surface area (TPSA) is 12.0 Å². The molecule has 1 nitrogen and oxygen atoms in total. The summed E-state index contributed by atoms with van der Waals surface area (Å²) in [4.78, 5) is 0. The highest BCUT2D eigenvalue weighted by atomic mass is 14.9. The zero-order chi connectivity index (χ0) is 14.5. The van der Waals surface area contributed by atoms with Crippen molar-refractivity contribution in [2.75, 3.05) is 6.54 Å². The summed E-state index contributed by atoms with van der Waals surface area (Å²) in [6, 6.07) is 11.4. The zero-order valence-electron chi connectivity index (χ0n) is 13.5. The molecule has 0 aromatic heterocycles. The second-order valence-corrected chi connectivity index (χ2v) is 5.78. The summed E-state index contributed by atoms with van der Waals surface area (Å²) in [5.41, 5.74) is 1.44. The van der Waals surface area contributed by atoms with E-state index in [-0.39, 0.29) is 0 Å². The molecule has 1 rings (SSSR count). The Labute approximate surface area is 126 Å². The molecule has 20 heavy (non-hydrogen) atoms. The van der Waals surface area contributed by atoms with Gasteiger partial charge in [-0.05, 0) is 18.5 Å². The number of hydrogen-bond acceptors (Lipinski definition) is 1. The summed E-state index contributed by atoms with van der Waals surface area (Å²) in [5.74, 6) is 0. The Kier molecular flexibility index (Phi) is 10.3. The molecule has 1 unspecified atom stereocenters. The summed E-state index contributed by atoms with van der Waals surface area (Å²) in [6.45, 7) is 5.53. The van der Waals surface area contributed by atoms with E-state index in [9.17, 15) is 0 Å². The standard InChI is InChI=1S/C19H33N/c1-3-5-6-7-8-9-10-14-17-19(20-4-2)18-15-12-11-13-16-18/h11-13,15-16,19-20H,3-10,14,17H2,1-2H3. The molecule has 0 bridgehead atoms. The lowest BCUT2D eigenvalue weighted by Crippen LogP contribution is -2.20. The predicted octanol–water partition coefficient (Wildman–Crippen LogP) is 5.87. The van der Waals surface area contributed by atoms with E-state index in [4.69, 9.17) is 0 Å². The van der Waals surface area contributed by atoms with Crippen LogP contribution in [0.25, 0.3) is 0 Å². The van der Waals surface area contributed by atoms with Crippen LogP contribution in [-0.4, -0.2) is 6.54 Å². The lowest BCUT2D eigenvalue weighted by atomic mass is 9.99. The minimum atomic E-state index is 0.543. The van der Waals surface area contributed by atoms with Crippen molar-refractivity contribution < 1.29 is 0 Å². The summed E-state index contributed by atoms with van der Waals surface area (Å²) >= 11 is 0. The van der Waals surface area contributed by atoms with Gasteiger partial charge in [0.2, 0.25) is 0 Å². The van der Waals surface area contributed by atoms with Gasteiger partial charge in [0.15, 0.2) is 0 Å². The predicted molar refractivity (Wildman–Crippen MR) is 90.1 cm³/mol. The van der Waals surface area contributed by atoms with Crippen LogP contribution in [0.4, 0.5) is 0 Å². The maximum Gasteiger partial charge on any atom is 0.0320 e. The Morgan fingerprint density at radius 1 is 0.800 bits per heavy atom. The number of benzene rings is 1. The highest BCUT2D eigenvalue weighted by Gasteiger charge is 2.08. The number of nitrogens with one attached hydrogen (secondary N) is 1.